The summed E-state index contributed by atoms with van der Waals surface area (Å²) in [5, 5.41) is 4.11. The number of aromatic nitrogens is 1. The van der Waals surface area contributed by atoms with Gasteiger partial charge < -0.3 is 4.74 Å². The molecule has 5 heteroatoms. The molecule has 0 unspecified atom stereocenters. The van der Waals surface area contributed by atoms with Crippen LogP contribution < -0.4 is 5.32 Å². The van der Waals surface area contributed by atoms with E-state index in [0.717, 1.165) is 10.8 Å². The van der Waals surface area contributed by atoms with E-state index >= 15 is 0 Å². The quantitative estimate of drug-likeness (QED) is 0.851. The smallest absolute Gasteiger partial charge is 0.413 e. The van der Waals surface area contributed by atoms with Crippen LogP contribution >= 0.6 is 0 Å². The molecule has 0 saturated heterocycles. The minimum absolute atomic E-state index is 0.286. The highest BCUT2D eigenvalue weighted by molar-refractivity contribution is 5.98. The molecule has 0 bridgehead atoms. The maximum Gasteiger partial charge on any atom is 0.413 e. The fraction of sp³-hybridized carbons (Fsp3) is 0.267. The van der Waals surface area contributed by atoms with E-state index in [1.54, 1.807) is 26.8 Å². The second-order valence-corrected chi connectivity index (χ2v) is 5.36. The first-order chi connectivity index (χ1) is 9.39. The predicted molar refractivity (Wildman–Crippen MR) is 77.0 cm³/mol. The highest BCUT2D eigenvalue weighted by atomic mass is 16.6. The molecule has 0 saturated carbocycles. The highest BCUT2D eigenvalue weighted by Crippen LogP contribution is 2.20. The minimum atomic E-state index is -0.600. The van der Waals surface area contributed by atoms with Gasteiger partial charge in [-0.1, -0.05) is 24.3 Å². The van der Waals surface area contributed by atoms with Gasteiger partial charge in [0.1, 0.15) is 17.1 Å². The van der Waals surface area contributed by atoms with Crippen molar-refractivity contribution in [1.29, 1.82) is 0 Å². The third-order valence-corrected chi connectivity index (χ3v) is 2.51. The largest absolute Gasteiger partial charge is 0.444 e. The Bertz CT molecular complexity index is 660. The van der Waals surface area contributed by atoms with Gasteiger partial charge in [0, 0.05) is 5.39 Å². The van der Waals surface area contributed by atoms with Crippen molar-refractivity contribution in [2.24, 2.45) is 0 Å². The van der Waals surface area contributed by atoms with Crippen LogP contribution in [0.5, 0.6) is 0 Å². The van der Waals surface area contributed by atoms with Crippen LogP contribution in [-0.4, -0.2) is 23.0 Å². The van der Waals surface area contributed by atoms with E-state index in [1.807, 2.05) is 24.3 Å². The van der Waals surface area contributed by atoms with Gasteiger partial charge in [0.25, 0.3) is 0 Å². The van der Waals surface area contributed by atoms with Crippen LogP contribution in [0.3, 0.4) is 0 Å². The van der Waals surface area contributed by atoms with Crippen molar-refractivity contribution >= 4 is 29.0 Å². The molecule has 1 heterocycles. The second-order valence-electron chi connectivity index (χ2n) is 5.36. The Balaban J connectivity index is 2.31. The van der Waals surface area contributed by atoms with Gasteiger partial charge in [-0.25, -0.2) is 9.78 Å². The summed E-state index contributed by atoms with van der Waals surface area (Å²) in [6, 6.07) is 9.05. The summed E-state index contributed by atoms with van der Waals surface area (Å²) in [4.78, 5) is 26.9. The molecule has 5 nitrogen and oxygen atoms in total. The van der Waals surface area contributed by atoms with Crippen molar-refractivity contribution in [3.8, 4) is 0 Å². The summed E-state index contributed by atoms with van der Waals surface area (Å²) < 4.78 is 5.15. The maximum atomic E-state index is 11.7. The molecule has 0 aliphatic carbocycles. The third-order valence-electron chi connectivity index (χ3n) is 2.51. The van der Waals surface area contributed by atoms with Crippen LogP contribution in [0.2, 0.25) is 0 Å². The van der Waals surface area contributed by atoms with Gasteiger partial charge in [-0.15, -0.1) is 0 Å². The van der Waals surface area contributed by atoms with Crippen molar-refractivity contribution in [1.82, 2.24) is 4.98 Å². The van der Waals surface area contributed by atoms with Gasteiger partial charge in [-0.2, -0.15) is 0 Å². The minimum Gasteiger partial charge on any atom is -0.444 e. The lowest BCUT2D eigenvalue weighted by Gasteiger charge is -2.19. The fourth-order valence-electron chi connectivity index (χ4n) is 1.79. The van der Waals surface area contributed by atoms with Gasteiger partial charge in [0.2, 0.25) is 0 Å². The Hall–Kier alpha value is -2.43. The number of carbonyl (C=O) groups excluding carboxylic acids is 2. The Morgan fingerprint density at radius 2 is 2.00 bits per heavy atom. The Morgan fingerprint density at radius 3 is 2.65 bits per heavy atom. The van der Waals surface area contributed by atoms with Crippen molar-refractivity contribution < 1.29 is 14.3 Å². The molecule has 1 aromatic heterocycles. The summed E-state index contributed by atoms with van der Waals surface area (Å²) in [5.74, 6) is 0.292. The third kappa shape index (κ3) is 3.32. The number of aldehydes is 1. The number of nitrogens with zero attached hydrogens (tertiary/aromatic N) is 1. The molecular formula is C15H16N2O3. The van der Waals surface area contributed by atoms with Crippen molar-refractivity contribution in [3.63, 3.8) is 0 Å². The maximum absolute atomic E-state index is 11.7. The highest BCUT2D eigenvalue weighted by Gasteiger charge is 2.17. The second kappa shape index (κ2) is 5.28. The van der Waals surface area contributed by atoms with Gasteiger partial charge >= 0.3 is 6.09 Å². The van der Waals surface area contributed by atoms with Crippen LogP contribution in [0.25, 0.3) is 10.8 Å². The molecule has 0 aliphatic heterocycles. The van der Waals surface area contributed by atoms with E-state index in [9.17, 15) is 9.59 Å². The molecule has 0 fully saturated rings. The van der Waals surface area contributed by atoms with E-state index in [-0.39, 0.29) is 5.69 Å². The number of rotatable bonds is 2. The Morgan fingerprint density at radius 1 is 1.30 bits per heavy atom. The first kappa shape index (κ1) is 14.0. The fourth-order valence-corrected chi connectivity index (χ4v) is 1.79. The van der Waals surface area contributed by atoms with Gasteiger partial charge in [0.05, 0.1) is 0 Å². The first-order valence-corrected chi connectivity index (χ1v) is 6.24. The zero-order valence-corrected chi connectivity index (χ0v) is 11.6. The van der Waals surface area contributed by atoms with Gasteiger partial charge in [-0.3, -0.25) is 10.1 Å². The van der Waals surface area contributed by atoms with Crippen LogP contribution in [0, 0.1) is 0 Å². The molecule has 1 N–H and O–H groups in total. The number of carbonyl (C=O) groups is 2. The van der Waals surface area contributed by atoms with Crippen molar-refractivity contribution in [3.05, 3.63) is 36.0 Å². The zero-order valence-electron chi connectivity index (χ0n) is 11.6. The molecule has 0 atom stereocenters. The lowest BCUT2D eigenvalue weighted by atomic mass is 10.1. The van der Waals surface area contributed by atoms with E-state index in [1.165, 1.54) is 0 Å². The summed E-state index contributed by atoms with van der Waals surface area (Å²) in [6.45, 7) is 5.33. The number of hydrogen-bond donors (Lipinski definition) is 1. The Kier molecular flexibility index (Phi) is 3.70. The zero-order chi connectivity index (χ0) is 14.8. The molecule has 2 rings (SSSR count). The SMILES string of the molecule is CC(C)(C)OC(=O)Nc1cc2ccccc2c(C=O)n1. The van der Waals surface area contributed by atoms with Crippen LogP contribution in [-0.2, 0) is 4.74 Å². The predicted octanol–water partition coefficient (Wildman–Crippen LogP) is 3.39. The number of amides is 1. The number of nitrogens with one attached hydrogen (secondary N) is 1. The standard InChI is InChI=1S/C15H16N2O3/c1-15(2,3)20-14(19)17-13-8-10-6-4-5-7-11(10)12(9-18)16-13/h4-9H,1-3H3,(H,16,17,19). The summed E-state index contributed by atoms with van der Waals surface area (Å²) in [7, 11) is 0. The topological polar surface area (TPSA) is 68.3 Å². The summed E-state index contributed by atoms with van der Waals surface area (Å²) >= 11 is 0. The molecule has 0 radical (unpaired) electrons. The van der Waals surface area contributed by atoms with Crippen LogP contribution in [0.4, 0.5) is 10.6 Å². The lowest BCUT2D eigenvalue weighted by Crippen LogP contribution is -2.27. The van der Waals surface area contributed by atoms with Crippen LogP contribution in [0.1, 0.15) is 31.3 Å². The lowest BCUT2D eigenvalue weighted by molar-refractivity contribution is 0.0635. The number of fused-ring (bicyclic) bond motifs is 1. The molecule has 0 aliphatic rings. The summed E-state index contributed by atoms with van der Waals surface area (Å²) in [6.07, 6.45) is 0.0694. The Labute approximate surface area is 117 Å². The van der Waals surface area contributed by atoms with E-state index in [2.05, 4.69) is 10.3 Å². The number of anilines is 1. The monoisotopic (exact) mass is 272 g/mol. The number of pyridine rings is 1. The number of ether oxygens (including phenoxy) is 1. The van der Waals surface area contributed by atoms with E-state index < -0.39 is 11.7 Å². The van der Waals surface area contributed by atoms with Crippen LogP contribution in [0.15, 0.2) is 30.3 Å². The molecule has 104 valence electrons. The molecule has 1 amide bonds. The number of benzene rings is 1. The van der Waals surface area contributed by atoms with Crippen molar-refractivity contribution in [2.75, 3.05) is 5.32 Å². The van der Waals surface area contributed by atoms with Gasteiger partial charge in [-0.05, 0) is 32.2 Å². The molecular weight excluding hydrogens is 256 g/mol. The summed E-state index contributed by atoms with van der Waals surface area (Å²) in [5.41, 5.74) is -0.303. The van der Waals surface area contributed by atoms with E-state index in [0.29, 0.717) is 12.1 Å². The molecule has 0 spiro atoms. The van der Waals surface area contributed by atoms with Crippen molar-refractivity contribution in [2.45, 2.75) is 26.4 Å². The first-order valence-electron chi connectivity index (χ1n) is 6.24. The number of hydrogen-bond acceptors (Lipinski definition) is 4. The van der Waals surface area contributed by atoms with E-state index in [4.69, 9.17) is 4.74 Å². The molecule has 20 heavy (non-hydrogen) atoms. The molecule has 1 aromatic carbocycles. The van der Waals surface area contributed by atoms with Gasteiger partial charge in [0.15, 0.2) is 6.29 Å². The average Bonchev–Trinajstić information content (AvgIpc) is 2.35. The molecule has 2 aromatic rings. The average molecular weight is 272 g/mol. The normalized spacial score (nSPS) is 11.2.